The molecular weight excluding hydrogens is 184 g/mol. The third kappa shape index (κ3) is 7.34. The third-order valence-corrected chi connectivity index (χ3v) is 1.50. The molecule has 0 N–H and O–H groups in total. The van der Waals surface area contributed by atoms with Crippen LogP contribution in [0.15, 0.2) is 12.7 Å². The van der Waals surface area contributed by atoms with Crippen molar-refractivity contribution in [1.82, 2.24) is 0 Å². The average Bonchev–Trinajstić information content (AvgIpc) is 2.22. The van der Waals surface area contributed by atoms with Crippen molar-refractivity contribution in [3.05, 3.63) is 12.7 Å². The minimum atomic E-state index is -0.421. The molecule has 0 aromatic rings. The summed E-state index contributed by atoms with van der Waals surface area (Å²) in [5, 5.41) is 0. The summed E-state index contributed by atoms with van der Waals surface area (Å²) in [7, 11) is 0. The molecule has 0 rings (SSSR count). The molecule has 0 saturated carbocycles. The van der Waals surface area contributed by atoms with Crippen LogP contribution in [-0.2, 0) is 19.1 Å². The van der Waals surface area contributed by atoms with Crippen molar-refractivity contribution in [2.24, 2.45) is 0 Å². The summed E-state index contributed by atoms with van der Waals surface area (Å²) in [5.41, 5.74) is 0. The Morgan fingerprint density at radius 2 is 1.79 bits per heavy atom. The molecule has 0 aliphatic carbocycles. The van der Waals surface area contributed by atoms with Gasteiger partial charge in [0.15, 0.2) is 0 Å². The first-order valence-corrected chi connectivity index (χ1v) is 4.65. The Kier molecular flexibility index (Phi) is 7.50. The summed E-state index contributed by atoms with van der Waals surface area (Å²) in [6, 6.07) is 0. The van der Waals surface area contributed by atoms with Crippen LogP contribution in [0, 0.1) is 0 Å². The Balaban J connectivity index is 3.18. The standard InChI is InChI=1S/C10H16O4/c1-3-9(11)13-7-5-6-8-14-10(12)4-2/h3H,1,4-8H2,2H3. The van der Waals surface area contributed by atoms with Crippen LogP contribution in [0.1, 0.15) is 26.2 Å². The fraction of sp³-hybridized carbons (Fsp3) is 0.600. The van der Waals surface area contributed by atoms with Crippen LogP contribution in [0.5, 0.6) is 0 Å². The lowest BCUT2D eigenvalue weighted by Crippen LogP contribution is -2.06. The summed E-state index contributed by atoms with van der Waals surface area (Å²) in [5.74, 6) is -0.622. The highest BCUT2D eigenvalue weighted by Gasteiger charge is 1.98. The van der Waals surface area contributed by atoms with Gasteiger partial charge >= 0.3 is 11.9 Å². The molecule has 80 valence electrons. The minimum Gasteiger partial charge on any atom is -0.466 e. The van der Waals surface area contributed by atoms with Crippen molar-refractivity contribution in [3.63, 3.8) is 0 Å². The molecule has 4 heteroatoms. The van der Waals surface area contributed by atoms with Crippen LogP contribution in [0.4, 0.5) is 0 Å². The molecule has 0 radical (unpaired) electrons. The van der Waals surface area contributed by atoms with Crippen LogP contribution >= 0.6 is 0 Å². The first kappa shape index (κ1) is 12.7. The van der Waals surface area contributed by atoms with Crippen LogP contribution < -0.4 is 0 Å². The zero-order chi connectivity index (χ0) is 10.8. The molecule has 0 atom stereocenters. The van der Waals surface area contributed by atoms with Gasteiger partial charge in [0, 0.05) is 12.5 Å². The summed E-state index contributed by atoms with van der Waals surface area (Å²) in [6.07, 6.45) is 2.91. The summed E-state index contributed by atoms with van der Waals surface area (Å²) in [4.78, 5) is 21.3. The zero-order valence-corrected chi connectivity index (χ0v) is 8.45. The molecule has 0 saturated heterocycles. The van der Waals surface area contributed by atoms with E-state index in [0.29, 0.717) is 32.5 Å². The smallest absolute Gasteiger partial charge is 0.330 e. The van der Waals surface area contributed by atoms with E-state index in [1.165, 1.54) is 0 Å². The highest BCUT2D eigenvalue weighted by atomic mass is 16.5. The van der Waals surface area contributed by atoms with E-state index in [9.17, 15) is 9.59 Å². The minimum absolute atomic E-state index is 0.201. The second-order valence-electron chi connectivity index (χ2n) is 2.65. The number of unbranched alkanes of at least 4 members (excludes halogenated alkanes) is 1. The lowest BCUT2D eigenvalue weighted by Gasteiger charge is -2.03. The Bertz CT molecular complexity index is 198. The number of rotatable bonds is 7. The average molecular weight is 200 g/mol. The van der Waals surface area contributed by atoms with Crippen LogP contribution in [0.3, 0.4) is 0 Å². The predicted octanol–water partition coefficient (Wildman–Crippen LogP) is 1.45. The predicted molar refractivity (Wildman–Crippen MR) is 51.6 cm³/mol. The van der Waals surface area contributed by atoms with Gasteiger partial charge in [-0.1, -0.05) is 13.5 Å². The molecule has 0 fully saturated rings. The topological polar surface area (TPSA) is 52.6 Å². The lowest BCUT2D eigenvalue weighted by molar-refractivity contribution is -0.144. The maximum absolute atomic E-state index is 10.7. The zero-order valence-electron chi connectivity index (χ0n) is 8.45. The van der Waals surface area contributed by atoms with E-state index >= 15 is 0 Å². The molecule has 0 aliphatic rings. The normalized spacial score (nSPS) is 9.21. The molecule has 4 nitrogen and oxygen atoms in total. The largest absolute Gasteiger partial charge is 0.466 e. The quantitative estimate of drug-likeness (QED) is 0.354. The van der Waals surface area contributed by atoms with Gasteiger partial charge < -0.3 is 9.47 Å². The first-order chi connectivity index (χ1) is 6.70. The van der Waals surface area contributed by atoms with Gasteiger partial charge in [0.1, 0.15) is 0 Å². The second-order valence-corrected chi connectivity index (χ2v) is 2.65. The molecule has 0 unspecified atom stereocenters. The van der Waals surface area contributed by atoms with Gasteiger partial charge in [-0.25, -0.2) is 4.79 Å². The number of esters is 2. The van der Waals surface area contributed by atoms with Gasteiger partial charge in [-0.15, -0.1) is 0 Å². The maximum Gasteiger partial charge on any atom is 0.330 e. The summed E-state index contributed by atoms with van der Waals surface area (Å²) < 4.78 is 9.55. The fourth-order valence-corrected chi connectivity index (χ4v) is 0.724. The van der Waals surface area contributed by atoms with Crippen molar-refractivity contribution in [2.75, 3.05) is 13.2 Å². The van der Waals surface area contributed by atoms with Crippen molar-refractivity contribution in [1.29, 1.82) is 0 Å². The van der Waals surface area contributed by atoms with E-state index in [0.717, 1.165) is 6.08 Å². The number of ether oxygens (including phenoxy) is 2. The number of hydrogen-bond donors (Lipinski definition) is 0. The number of hydrogen-bond acceptors (Lipinski definition) is 4. The highest BCUT2D eigenvalue weighted by Crippen LogP contribution is 1.94. The maximum atomic E-state index is 10.7. The van der Waals surface area contributed by atoms with E-state index in [2.05, 4.69) is 6.58 Å². The molecule has 14 heavy (non-hydrogen) atoms. The molecule has 0 spiro atoms. The van der Waals surface area contributed by atoms with Gasteiger partial charge in [0.2, 0.25) is 0 Å². The van der Waals surface area contributed by atoms with E-state index in [4.69, 9.17) is 9.47 Å². The van der Waals surface area contributed by atoms with Crippen LogP contribution in [-0.4, -0.2) is 25.2 Å². The molecule has 0 aliphatic heterocycles. The number of carbonyl (C=O) groups is 2. The molecule has 0 aromatic carbocycles. The van der Waals surface area contributed by atoms with Gasteiger partial charge in [0.05, 0.1) is 13.2 Å². The fourth-order valence-electron chi connectivity index (χ4n) is 0.724. The van der Waals surface area contributed by atoms with Crippen LogP contribution in [0.2, 0.25) is 0 Å². The second kappa shape index (κ2) is 8.29. The first-order valence-electron chi connectivity index (χ1n) is 4.65. The van der Waals surface area contributed by atoms with Crippen molar-refractivity contribution in [2.45, 2.75) is 26.2 Å². The number of carbonyl (C=O) groups excluding carboxylic acids is 2. The van der Waals surface area contributed by atoms with Gasteiger partial charge in [-0.3, -0.25) is 4.79 Å². The Labute approximate surface area is 83.9 Å². The molecule has 0 heterocycles. The molecule has 0 amide bonds. The Morgan fingerprint density at radius 1 is 1.21 bits per heavy atom. The van der Waals surface area contributed by atoms with Crippen molar-refractivity contribution >= 4 is 11.9 Å². The van der Waals surface area contributed by atoms with Gasteiger partial charge in [0.25, 0.3) is 0 Å². The third-order valence-electron chi connectivity index (χ3n) is 1.50. The summed E-state index contributed by atoms with van der Waals surface area (Å²) >= 11 is 0. The molecule has 0 aromatic heterocycles. The highest BCUT2D eigenvalue weighted by molar-refractivity contribution is 5.81. The van der Waals surface area contributed by atoms with E-state index < -0.39 is 5.97 Å². The van der Waals surface area contributed by atoms with Crippen molar-refractivity contribution < 1.29 is 19.1 Å². The summed E-state index contributed by atoms with van der Waals surface area (Å²) in [6.45, 7) is 5.74. The van der Waals surface area contributed by atoms with Gasteiger partial charge in [-0.05, 0) is 12.8 Å². The van der Waals surface area contributed by atoms with E-state index in [-0.39, 0.29) is 5.97 Å². The van der Waals surface area contributed by atoms with Gasteiger partial charge in [-0.2, -0.15) is 0 Å². The SMILES string of the molecule is C=CC(=O)OCCCCOC(=O)CC. The Hall–Kier alpha value is -1.32. The van der Waals surface area contributed by atoms with E-state index in [1.807, 2.05) is 0 Å². The molecular formula is C10H16O4. The monoisotopic (exact) mass is 200 g/mol. The van der Waals surface area contributed by atoms with E-state index in [1.54, 1.807) is 6.92 Å². The lowest BCUT2D eigenvalue weighted by atomic mass is 10.3. The molecule has 0 bridgehead atoms. The van der Waals surface area contributed by atoms with Crippen molar-refractivity contribution in [3.8, 4) is 0 Å². The Morgan fingerprint density at radius 3 is 2.29 bits per heavy atom. The van der Waals surface area contributed by atoms with Crippen LogP contribution in [0.25, 0.3) is 0 Å².